The van der Waals surface area contributed by atoms with E-state index in [-0.39, 0.29) is 0 Å². The Morgan fingerprint density at radius 1 is 1.60 bits per heavy atom. The molecule has 0 amide bonds. The lowest BCUT2D eigenvalue weighted by Crippen LogP contribution is -2.42. The van der Waals surface area contributed by atoms with E-state index in [1.807, 2.05) is 0 Å². The number of nitrogens with one attached hydrogen (secondary N) is 1. The van der Waals surface area contributed by atoms with Gasteiger partial charge in [0.2, 0.25) is 5.13 Å². The number of morpholine rings is 1. The SMILES string of the molecule is CC(CN1CCOCC1)Nc1nncs1. The van der Waals surface area contributed by atoms with Crippen LogP contribution in [-0.4, -0.2) is 54.0 Å². The molecule has 1 saturated heterocycles. The molecule has 1 fully saturated rings. The predicted molar refractivity (Wildman–Crippen MR) is 60.3 cm³/mol. The first-order chi connectivity index (χ1) is 7.34. The summed E-state index contributed by atoms with van der Waals surface area (Å²) in [6.07, 6.45) is 0. The molecule has 0 radical (unpaired) electrons. The van der Waals surface area contributed by atoms with Crippen LogP contribution in [-0.2, 0) is 4.74 Å². The average molecular weight is 228 g/mol. The maximum Gasteiger partial charge on any atom is 0.205 e. The number of hydrogen-bond donors (Lipinski definition) is 1. The molecule has 1 aromatic rings. The molecule has 1 N–H and O–H groups in total. The van der Waals surface area contributed by atoms with E-state index in [0.717, 1.165) is 38.0 Å². The summed E-state index contributed by atoms with van der Waals surface area (Å²) in [6, 6.07) is 0.399. The number of aromatic nitrogens is 2. The highest BCUT2D eigenvalue weighted by Gasteiger charge is 2.13. The molecular formula is C9H16N4OS. The van der Waals surface area contributed by atoms with Gasteiger partial charge in [0.1, 0.15) is 5.51 Å². The monoisotopic (exact) mass is 228 g/mol. The van der Waals surface area contributed by atoms with Gasteiger partial charge in [0.05, 0.1) is 13.2 Å². The van der Waals surface area contributed by atoms with Crippen molar-refractivity contribution in [3.05, 3.63) is 5.51 Å². The lowest BCUT2D eigenvalue weighted by atomic mass is 10.3. The van der Waals surface area contributed by atoms with Crippen LogP contribution >= 0.6 is 11.3 Å². The maximum atomic E-state index is 5.30. The van der Waals surface area contributed by atoms with Gasteiger partial charge in [0.15, 0.2) is 0 Å². The number of nitrogens with zero attached hydrogens (tertiary/aromatic N) is 3. The van der Waals surface area contributed by atoms with Crippen LogP contribution in [0.1, 0.15) is 6.92 Å². The van der Waals surface area contributed by atoms with Crippen molar-refractivity contribution in [2.75, 3.05) is 38.2 Å². The second-order valence-electron chi connectivity index (χ2n) is 3.70. The number of rotatable bonds is 4. The van der Waals surface area contributed by atoms with Crippen LogP contribution < -0.4 is 5.32 Å². The van der Waals surface area contributed by atoms with Crippen molar-refractivity contribution in [3.8, 4) is 0 Å². The Labute approximate surface area is 93.5 Å². The first kappa shape index (κ1) is 10.8. The van der Waals surface area contributed by atoms with Crippen LogP contribution in [0.25, 0.3) is 0 Å². The van der Waals surface area contributed by atoms with Gasteiger partial charge in [-0.25, -0.2) is 0 Å². The minimum Gasteiger partial charge on any atom is -0.379 e. The highest BCUT2D eigenvalue weighted by molar-refractivity contribution is 7.13. The molecule has 2 rings (SSSR count). The molecule has 5 nitrogen and oxygen atoms in total. The van der Waals surface area contributed by atoms with E-state index in [1.165, 1.54) is 11.3 Å². The van der Waals surface area contributed by atoms with Crippen molar-refractivity contribution in [1.82, 2.24) is 15.1 Å². The molecule has 0 bridgehead atoms. The maximum absolute atomic E-state index is 5.30. The Balaban J connectivity index is 1.74. The molecule has 1 unspecified atom stereocenters. The smallest absolute Gasteiger partial charge is 0.205 e. The van der Waals surface area contributed by atoms with E-state index in [0.29, 0.717) is 6.04 Å². The predicted octanol–water partition coefficient (Wildman–Crippen LogP) is 0.671. The molecule has 84 valence electrons. The first-order valence-corrected chi connectivity index (χ1v) is 6.05. The Hall–Kier alpha value is -0.720. The molecular weight excluding hydrogens is 212 g/mol. The molecule has 15 heavy (non-hydrogen) atoms. The number of ether oxygens (including phenoxy) is 1. The van der Waals surface area contributed by atoms with Gasteiger partial charge >= 0.3 is 0 Å². The Morgan fingerprint density at radius 2 is 2.40 bits per heavy atom. The third-order valence-electron chi connectivity index (χ3n) is 2.37. The van der Waals surface area contributed by atoms with E-state index < -0.39 is 0 Å². The minimum absolute atomic E-state index is 0.399. The molecule has 0 aromatic carbocycles. The van der Waals surface area contributed by atoms with E-state index in [1.54, 1.807) is 5.51 Å². The zero-order valence-corrected chi connectivity index (χ0v) is 9.66. The molecule has 2 heterocycles. The average Bonchev–Trinajstić information content (AvgIpc) is 2.71. The zero-order valence-electron chi connectivity index (χ0n) is 8.85. The van der Waals surface area contributed by atoms with Crippen LogP contribution in [0.3, 0.4) is 0 Å². The van der Waals surface area contributed by atoms with Crippen molar-refractivity contribution < 1.29 is 4.74 Å². The summed E-state index contributed by atoms with van der Waals surface area (Å²) in [6.45, 7) is 6.96. The van der Waals surface area contributed by atoms with E-state index >= 15 is 0 Å². The third-order valence-corrected chi connectivity index (χ3v) is 2.99. The van der Waals surface area contributed by atoms with Crippen LogP contribution in [0.15, 0.2) is 5.51 Å². The summed E-state index contributed by atoms with van der Waals surface area (Å²) < 4.78 is 5.30. The van der Waals surface area contributed by atoms with Gasteiger partial charge in [-0.15, -0.1) is 10.2 Å². The molecule has 1 aliphatic rings. The Morgan fingerprint density at radius 3 is 3.07 bits per heavy atom. The largest absolute Gasteiger partial charge is 0.379 e. The van der Waals surface area contributed by atoms with Gasteiger partial charge in [-0.3, -0.25) is 4.90 Å². The molecule has 0 saturated carbocycles. The van der Waals surface area contributed by atoms with Gasteiger partial charge < -0.3 is 10.1 Å². The number of hydrogen-bond acceptors (Lipinski definition) is 6. The Bertz CT molecular complexity index is 274. The fraction of sp³-hybridized carbons (Fsp3) is 0.778. The van der Waals surface area contributed by atoms with Gasteiger partial charge in [-0.2, -0.15) is 0 Å². The molecule has 1 aliphatic heterocycles. The quantitative estimate of drug-likeness (QED) is 0.821. The van der Waals surface area contributed by atoms with Crippen LogP contribution in [0.2, 0.25) is 0 Å². The normalized spacial score (nSPS) is 20.1. The van der Waals surface area contributed by atoms with Crippen molar-refractivity contribution in [2.45, 2.75) is 13.0 Å². The lowest BCUT2D eigenvalue weighted by Gasteiger charge is -2.29. The van der Waals surface area contributed by atoms with Crippen LogP contribution in [0, 0.1) is 0 Å². The molecule has 1 atom stereocenters. The second kappa shape index (κ2) is 5.39. The van der Waals surface area contributed by atoms with Crippen LogP contribution in [0.4, 0.5) is 5.13 Å². The van der Waals surface area contributed by atoms with Crippen LogP contribution in [0.5, 0.6) is 0 Å². The van der Waals surface area contributed by atoms with Gasteiger partial charge in [0.25, 0.3) is 0 Å². The highest BCUT2D eigenvalue weighted by atomic mass is 32.1. The van der Waals surface area contributed by atoms with E-state index in [4.69, 9.17) is 4.74 Å². The van der Waals surface area contributed by atoms with Crippen molar-refractivity contribution in [2.24, 2.45) is 0 Å². The van der Waals surface area contributed by atoms with E-state index in [9.17, 15) is 0 Å². The summed E-state index contributed by atoms with van der Waals surface area (Å²) in [5, 5.41) is 12.0. The first-order valence-electron chi connectivity index (χ1n) is 5.17. The standard InChI is InChI=1S/C9H16N4OS/c1-8(11-9-12-10-7-15-9)6-13-2-4-14-5-3-13/h7-8H,2-6H2,1H3,(H,11,12). The fourth-order valence-electron chi connectivity index (χ4n) is 1.66. The summed E-state index contributed by atoms with van der Waals surface area (Å²) in [4.78, 5) is 2.40. The molecule has 0 aliphatic carbocycles. The lowest BCUT2D eigenvalue weighted by molar-refractivity contribution is 0.0368. The van der Waals surface area contributed by atoms with Gasteiger partial charge in [0, 0.05) is 25.7 Å². The summed E-state index contributed by atoms with van der Waals surface area (Å²) >= 11 is 1.54. The van der Waals surface area contributed by atoms with Gasteiger partial charge in [-0.05, 0) is 6.92 Å². The topological polar surface area (TPSA) is 50.3 Å². The Kier molecular flexibility index (Phi) is 3.87. The van der Waals surface area contributed by atoms with Crippen molar-refractivity contribution >= 4 is 16.5 Å². The van der Waals surface area contributed by atoms with Crippen molar-refractivity contribution in [3.63, 3.8) is 0 Å². The second-order valence-corrected chi connectivity index (χ2v) is 4.54. The molecule has 1 aromatic heterocycles. The zero-order chi connectivity index (χ0) is 10.5. The van der Waals surface area contributed by atoms with E-state index in [2.05, 4.69) is 27.3 Å². The summed E-state index contributed by atoms with van der Waals surface area (Å²) in [7, 11) is 0. The molecule has 6 heteroatoms. The third kappa shape index (κ3) is 3.40. The highest BCUT2D eigenvalue weighted by Crippen LogP contribution is 2.10. The number of anilines is 1. The molecule has 0 spiro atoms. The summed E-state index contributed by atoms with van der Waals surface area (Å²) in [5.41, 5.74) is 1.74. The summed E-state index contributed by atoms with van der Waals surface area (Å²) in [5.74, 6) is 0. The van der Waals surface area contributed by atoms with Gasteiger partial charge in [-0.1, -0.05) is 11.3 Å². The fourth-order valence-corrected chi connectivity index (χ4v) is 2.22. The van der Waals surface area contributed by atoms with Crippen molar-refractivity contribution in [1.29, 1.82) is 0 Å². The minimum atomic E-state index is 0.399.